The molecule has 0 aliphatic carbocycles. The van der Waals surface area contributed by atoms with Gasteiger partial charge >= 0.3 is 0 Å². The molecule has 0 saturated heterocycles. The molecule has 1 aromatic carbocycles. The fourth-order valence-corrected chi connectivity index (χ4v) is 4.42. The summed E-state index contributed by atoms with van der Waals surface area (Å²) < 4.78 is 10.8. The summed E-state index contributed by atoms with van der Waals surface area (Å²) in [6, 6.07) is 10.3. The lowest BCUT2D eigenvalue weighted by atomic mass is 10.1. The highest BCUT2D eigenvalue weighted by Gasteiger charge is 2.16. The van der Waals surface area contributed by atoms with Crippen molar-refractivity contribution in [3.8, 4) is 22.8 Å². The molecule has 3 aromatic rings. The number of aromatic nitrogens is 2. The van der Waals surface area contributed by atoms with Gasteiger partial charge in [-0.05, 0) is 29.6 Å². The molecule has 0 amide bonds. The molecule has 0 unspecified atom stereocenters. The Kier molecular flexibility index (Phi) is 5.25. The van der Waals surface area contributed by atoms with Crippen LogP contribution in [0.2, 0.25) is 0 Å². The van der Waals surface area contributed by atoms with Crippen LogP contribution in [0.3, 0.4) is 0 Å². The second kappa shape index (κ2) is 7.95. The van der Waals surface area contributed by atoms with Crippen LogP contribution in [0.15, 0.2) is 41.9 Å². The summed E-state index contributed by atoms with van der Waals surface area (Å²) in [4.78, 5) is 1.44. The lowest BCUT2D eigenvalue weighted by Gasteiger charge is -2.06. The van der Waals surface area contributed by atoms with Crippen LogP contribution in [0.25, 0.3) is 11.3 Å². The molecular weight excluding hydrogens is 354 g/mol. The average Bonchev–Trinajstić information content (AvgIpc) is 3.38. The van der Waals surface area contributed by atoms with Gasteiger partial charge in [0.05, 0.1) is 11.9 Å². The molecule has 3 heterocycles. The molecule has 0 atom stereocenters. The molecule has 0 radical (unpaired) electrons. The summed E-state index contributed by atoms with van der Waals surface area (Å²) in [5.41, 5.74) is 3.24. The first-order valence-corrected chi connectivity index (χ1v) is 10.2. The van der Waals surface area contributed by atoms with Crippen molar-refractivity contribution in [1.82, 2.24) is 15.5 Å². The molecule has 0 saturated carbocycles. The van der Waals surface area contributed by atoms with Gasteiger partial charge in [0, 0.05) is 40.6 Å². The van der Waals surface area contributed by atoms with Crippen LogP contribution >= 0.6 is 23.1 Å². The number of rotatable bonds is 8. The van der Waals surface area contributed by atoms with E-state index < -0.39 is 0 Å². The Hall–Kier alpha value is -1.96. The number of fused-ring (bicyclic) bond motifs is 1. The number of H-pyrrole nitrogens is 1. The molecule has 7 heteroatoms. The van der Waals surface area contributed by atoms with Gasteiger partial charge in [0.25, 0.3) is 0 Å². The summed E-state index contributed by atoms with van der Waals surface area (Å²) in [6.07, 6.45) is 1.88. The molecule has 1 aliphatic heterocycles. The lowest BCUT2D eigenvalue weighted by Crippen LogP contribution is -2.16. The largest absolute Gasteiger partial charge is 0.454 e. The molecule has 2 N–H and O–H groups in total. The van der Waals surface area contributed by atoms with Crippen molar-refractivity contribution in [3.05, 3.63) is 52.3 Å². The van der Waals surface area contributed by atoms with Crippen molar-refractivity contribution in [2.24, 2.45) is 0 Å². The molecule has 0 bridgehead atoms. The summed E-state index contributed by atoms with van der Waals surface area (Å²) in [5, 5.41) is 12.9. The van der Waals surface area contributed by atoms with Gasteiger partial charge in [0.2, 0.25) is 6.79 Å². The van der Waals surface area contributed by atoms with E-state index in [1.54, 1.807) is 0 Å². The van der Waals surface area contributed by atoms with E-state index in [1.165, 1.54) is 4.88 Å². The molecule has 0 spiro atoms. The summed E-state index contributed by atoms with van der Waals surface area (Å²) >= 11 is 3.78. The third kappa shape index (κ3) is 4.00. The van der Waals surface area contributed by atoms with Crippen LogP contribution in [0.1, 0.15) is 10.4 Å². The second-order valence-electron chi connectivity index (χ2n) is 5.65. The van der Waals surface area contributed by atoms with Gasteiger partial charge in [-0.1, -0.05) is 6.07 Å². The second-order valence-corrected chi connectivity index (χ2v) is 7.78. The van der Waals surface area contributed by atoms with Gasteiger partial charge in [-0.25, -0.2) is 0 Å². The van der Waals surface area contributed by atoms with Gasteiger partial charge in [-0.3, -0.25) is 5.10 Å². The first-order valence-electron chi connectivity index (χ1n) is 8.13. The number of thiophene rings is 1. The number of benzene rings is 1. The van der Waals surface area contributed by atoms with E-state index in [9.17, 15) is 0 Å². The van der Waals surface area contributed by atoms with Gasteiger partial charge in [0.15, 0.2) is 11.5 Å². The van der Waals surface area contributed by atoms with E-state index in [1.807, 2.05) is 47.5 Å². The molecule has 25 heavy (non-hydrogen) atoms. The first kappa shape index (κ1) is 16.5. The van der Waals surface area contributed by atoms with Crippen LogP contribution in [-0.2, 0) is 12.3 Å². The number of thioether (sulfide) groups is 1. The molecule has 2 aromatic heterocycles. The predicted octanol–water partition coefficient (Wildman–Crippen LogP) is 3.89. The minimum Gasteiger partial charge on any atom is -0.454 e. The number of hydrogen-bond donors (Lipinski definition) is 2. The molecule has 130 valence electrons. The number of aromatic amines is 1. The van der Waals surface area contributed by atoms with Crippen LogP contribution in [0, 0.1) is 0 Å². The highest BCUT2D eigenvalue weighted by atomic mass is 32.2. The maximum Gasteiger partial charge on any atom is 0.231 e. The number of nitrogens with zero attached hydrogens (tertiary/aromatic N) is 1. The highest BCUT2D eigenvalue weighted by Crippen LogP contribution is 2.36. The predicted molar refractivity (Wildman–Crippen MR) is 102 cm³/mol. The van der Waals surface area contributed by atoms with Gasteiger partial charge in [0.1, 0.15) is 0 Å². The third-order valence-electron chi connectivity index (χ3n) is 3.94. The molecule has 5 nitrogen and oxygen atoms in total. The van der Waals surface area contributed by atoms with Gasteiger partial charge in [-0.15, -0.1) is 11.3 Å². The maximum absolute atomic E-state index is 5.46. The molecule has 4 rings (SSSR count). The SMILES string of the molecule is c1csc(CSCCNCc2cn[nH]c2-c2ccc3c(c2)OCO3)c1. The quantitative estimate of drug-likeness (QED) is 0.587. The summed E-state index contributed by atoms with van der Waals surface area (Å²) in [6.45, 7) is 2.06. The summed E-state index contributed by atoms with van der Waals surface area (Å²) in [7, 11) is 0. The van der Waals surface area contributed by atoms with Crippen molar-refractivity contribution >= 4 is 23.1 Å². The zero-order valence-corrected chi connectivity index (χ0v) is 15.3. The minimum absolute atomic E-state index is 0.291. The number of nitrogens with one attached hydrogen (secondary N) is 2. The van der Waals surface area contributed by atoms with Crippen molar-refractivity contribution in [2.45, 2.75) is 12.3 Å². The Labute approximate surface area is 154 Å². The van der Waals surface area contributed by atoms with Crippen LogP contribution in [0.4, 0.5) is 0 Å². The van der Waals surface area contributed by atoms with Crippen molar-refractivity contribution < 1.29 is 9.47 Å². The van der Waals surface area contributed by atoms with E-state index in [0.717, 1.165) is 52.9 Å². The van der Waals surface area contributed by atoms with Crippen molar-refractivity contribution in [1.29, 1.82) is 0 Å². The molecule has 1 aliphatic rings. The Morgan fingerprint density at radius 3 is 3.12 bits per heavy atom. The van der Waals surface area contributed by atoms with E-state index in [0.29, 0.717) is 6.79 Å². The fourth-order valence-electron chi connectivity index (χ4n) is 2.68. The standard InChI is InChI=1S/C18H19N3O2S2/c1-2-15(25-6-1)11-24-7-5-19-9-14-10-20-21-18(14)13-3-4-16-17(8-13)23-12-22-16/h1-4,6,8,10,19H,5,7,9,11-12H2,(H,20,21). The lowest BCUT2D eigenvalue weighted by molar-refractivity contribution is 0.174. The zero-order chi connectivity index (χ0) is 16.9. The van der Waals surface area contributed by atoms with Gasteiger partial charge < -0.3 is 14.8 Å². The van der Waals surface area contributed by atoms with E-state index in [-0.39, 0.29) is 0 Å². The topological polar surface area (TPSA) is 59.2 Å². The average molecular weight is 374 g/mol. The van der Waals surface area contributed by atoms with Crippen molar-refractivity contribution in [3.63, 3.8) is 0 Å². The first-order chi connectivity index (χ1) is 12.4. The highest BCUT2D eigenvalue weighted by molar-refractivity contribution is 7.98. The third-order valence-corrected chi connectivity index (χ3v) is 6.01. The van der Waals surface area contributed by atoms with E-state index >= 15 is 0 Å². The molecule has 0 fully saturated rings. The number of ether oxygens (including phenoxy) is 2. The van der Waals surface area contributed by atoms with Gasteiger partial charge in [-0.2, -0.15) is 16.9 Å². The van der Waals surface area contributed by atoms with Crippen LogP contribution in [-0.4, -0.2) is 29.3 Å². The fraction of sp³-hybridized carbons (Fsp3) is 0.278. The van der Waals surface area contributed by atoms with Crippen LogP contribution in [0.5, 0.6) is 11.5 Å². The van der Waals surface area contributed by atoms with E-state index in [4.69, 9.17) is 9.47 Å². The monoisotopic (exact) mass is 373 g/mol. The maximum atomic E-state index is 5.46. The molecular formula is C18H19N3O2S2. The Morgan fingerprint density at radius 2 is 2.20 bits per heavy atom. The minimum atomic E-state index is 0.291. The normalized spacial score (nSPS) is 12.6. The Bertz CT molecular complexity index is 818. The summed E-state index contributed by atoms with van der Waals surface area (Å²) in [5.74, 6) is 3.77. The van der Waals surface area contributed by atoms with Crippen molar-refractivity contribution in [2.75, 3.05) is 19.1 Å². The number of hydrogen-bond acceptors (Lipinski definition) is 6. The Morgan fingerprint density at radius 1 is 1.24 bits per heavy atom. The van der Waals surface area contributed by atoms with E-state index in [2.05, 4.69) is 33.0 Å². The Balaban J connectivity index is 1.28. The van der Waals surface area contributed by atoms with Crippen LogP contribution < -0.4 is 14.8 Å². The zero-order valence-electron chi connectivity index (χ0n) is 13.7. The smallest absolute Gasteiger partial charge is 0.231 e.